The second-order valence-corrected chi connectivity index (χ2v) is 13.2. The molecule has 0 saturated carbocycles. The van der Waals surface area contributed by atoms with E-state index in [0.717, 1.165) is 26.2 Å². The maximum atomic E-state index is 12.7. The van der Waals surface area contributed by atoms with Crippen LogP contribution in [0.1, 0.15) is 12.6 Å². The van der Waals surface area contributed by atoms with Gasteiger partial charge in [0.2, 0.25) is 5.91 Å². The number of nitrogens with two attached hydrogens (primary N) is 1. The van der Waals surface area contributed by atoms with Crippen LogP contribution < -0.4 is 27.0 Å². The van der Waals surface area contributed by atoms with Crippen LogP contribution in [0.4, 0.5) is 32.2 Å². The number of anilines is 1. The number of alkyl halides is 6. The van der Waals surface area contributed by atoms with Gasteiger partial charge in [-0.15, -0.1) is 0 Å². The number of aliphatic hydroxyl groups excluding tert-OH is 2. The van der Waals surface area contributed by atoms with E-state index in [9.17, 15) is 46.1 Å². The quantitative estimate of drug-likeness (QED) is 0.0657. The summed E-state index contributed by atoms with van der Waals surface area (Å²) in [5.41, 5.74) is -4.87. The van der Waals surface area contributed by atoms with Gasteiger partial charge >= 0.3 is 30.5 Å². The zero-order valence-corrected chi connectivity index (χ0v) is 31.8. The first-order chi connectivity index (χ1) is 24.0. The smallest absolute Gasteiger partial charge is 0.741 e. The van der Waals surface area contributed by atoms with Gasteiger partial charge in [0.1, 0.15) is 24.1 Å². The van der Waals surface area contributed by atoms with Gasteiger partial charge in [0.05, 0.1) is 6.33 Å². The summed E-state index contributed by atoms with van der Waals surface area (Å²) in [4.78, 5) is 39.3. The Morgan fingerprint density at radius 3 is 1.83 bits per heavy atom. The molecule has 4 rings (SSSR count). The minimum Gasteiger partial charge on any atom is -0.741 e. The van der Waals surface area contributed by atoms with Crippen molar-refractivity contribution in [3.8, 4) is 0 Å². The Morgan fingerprint density at radius 1 is 0.887 bits per heavy atom. The van der Waals surface area contributed by atoms with Crippen molar-refractivity contribution in [2.75, 3.05) is 64.6 Å². The number of nitrogens with zero attached hydrogens (tertiary/aromatic N) is 5. The van der Waals surface area contributed by atoms with Gasteiger partial charge in [-0.05, 0) is 0 Å². The van der Waals surface area contributed by atoms with E-state index in [4.69, 9.17) is 36.4 Å². The number of imidazole rings is 1. The van der Waals surface area contributed by atoms with Gasteiger partial charge in [-0.2, -0.15) is 26.3 Å². The van der Waals surface area contributed by atoms with E-state index < -0.39 is 61.7 Å². The van der Waals surface area contributed by atoms with Gasteiger partial charge in [-0.3, -0.25) is 14.2 Å². The number of amides is 2. The van der Waals surface area contributed by atoms with Crippen molar-refractivity contribution in [2.24, 2.45) is 0 Å². The van der Waals surface area contributed by atoms with Gasteiger partial charge in [-0.1, -0.05) is 0 Å². The molecule has 2 saturated heterocycles. The van der Waals surface area contributed by atoms with Gasteiger partial charge in [0, 0.05) is 65.3 Å². The van der Waals surface area contributed by atoms with E-state index in [1.807, 2.05) is 0 Å². The molecule has 0 bridgehead atoms. The molecular formula is C23H34F6N10O11S2Zn. The van der Waals surface area contributed by atoms with Crippen LogP contribution in [0.3, 0.4) is 0 Å². The number of carbonyl (C=O) groups excluding carboxylic acids is 2. The predicted molar refractivity (Wildman–Crippen MR) is 160 cm³/mol. The molecule has 2 aliphatic heterocycles. The van der Waals surface area contributed by atoms with E-state index in [-0.39, 0.29) is 44.2 Å². The summed E-state index contributed by atoms with van der Waals surface area (Å²) >= 11 is 0. The number of hydrogen-bond acceptors (Lipinski definition) is 18. The van der Waals surface area contributed by atoms with Gasteiger partial charge in [0.15, 0.2) is 44.0 Å². The molecule has 2 aromatic rings. The van der Waals surface area contributed by atoms with Crippen LogP contribution >= 0.6 is 0 Å². The van der Waals surface area contributed by atoms with Crippen molar-refractivity contribution in [1.82, 2.24) is 45.7 Å². The summed E-state index contributed by atoms with van der Waals surface area (Å²) in [6.45, 7) is 5.95. The number of nitrogens with one attached hydrogen (secondary N) is 4. The molecule has 21 nitrogen and oxygen atoms in total. The Balaban J connectivity index is 0.000000690. The fraction of sp³-hybridized carbons (Fsp3) is 0.696. The van der Waals surface area contributed by atoms with E-state index in [0.29, 0.717) is 37.3 Å². The molecule has 0 aromatic carbocycles. The van der Waals surface area contributed by atoms with Crippen LogP contribution in [0, 0.1) is 0 Å². The number of halogens is 6. The molecule has 8 N–H and O–H groups in total. The van der Waals surface area contributed by atoms with E-state index in [2.05, 4.69) is 36.2 Å². The normalized spacial score (nSPS) is 22.1. The van der Waals surface area contributed by atoms with Crippen LogP contribution in [0.25, 0.3) is 11.2 Å². The molecule has 53 heavy (non-hydrogen) atoms. The second-order valence-electron chi connectivity index (χ2n) is 10.5. The van der Waals surface area contributed by atoms with E-state index >= 15 is 0 Å². The average Bonchev–Trinajstić information content (AvgIpc) is 3.57. The molecule has 30 heteroatoms. The molecular weight excluding hydrogens is 836 g/mol. The largest absolute Gasteiger partial charge is 2.00 e. The van der Waals surface area contributed by atoms with Crippen LogP contribution in [0.2, 0.25) is 0 Å². The van der Waals surface area contributed by atoms with Crippen molar-refractivity contribution in [1.29, 1.82) is 0 Å². The summed E-state index contributed by atoms with van der Waals surface area (Å²) in [5.74, 6) is -0.548. The zero-order valence-electron chi connectivity index (χ0n) is 27.2. The molecule has 2 aromatic heterocycles. The first kappa shape index (κ1) is 48.1. The number of hydrogen-bond donors (Lipinski definition) is 7. The SMILES string of the molecule is Nc1ncnc2c1ncn2[C@@H]1O[C@H](C(=O)NCCC(=O)N2CCNCCNCCNCC2)[C@@H](O)[C@H]1O.O=S(=O)([O-])C(F)(F)F.O=S(=O)([O-])C(F)(F)F.[Zn+2]. The number of aromatic nitrogens is 4. The van der Waals surface area contributed by atoms with Crippen molar-refractivity contribution in [3.63, 3.8) is 0 Å². The molecule has 2 amide bonds. The summed E-state index contributed by atoms with van der Waals surface area (Å²) in [6.07, 6.45) is -2.62. The number of rotatable bonds is 5. The summed E-state index contributed by atoms with van der Waals surface area (Å²) in [7, 11) is -12.2. The third-order valence-electron chi connectivity index (χ3n) is 6.79. The fourth-order valence-corrected chi connectivity index (χ4v) is 4.23. The third kappa shape index (κ3) is 14.7. The third-order valence-corrected chi connectivity index (χ3v) is 7.92. The Hall–Kier alpha value is -2.93. The van der Waals surface area contributed by atoms with Crippen LogP contribution in [0.5, 0.6) is 0 Å². The first-order valence-corrected chi connectivity index (χ1v) is 17.5. The van der Waals surface area contributed by atoms with Gasteiger partial charge in [-0.25, -0.2) is 31.8 Å². The Bertz CT molecular complexity index is 1650. The fourth-order valence-electron chi connectivity index (χ4n) is 4.23. The second kappa shape index (κ2) is 20.7. The average molecular weight is 870 g/mol. The minimum absolute atomic E-state index is 0. The maximum Gasteiger partial charge on any atom is 2.00 e. The van der Waals surface area contributed by atoms with E-state index in [1.165, 1.54) is 17.2 Å². The topological polar surface area (TPSA) is 319 Å². The minimum atomic E-state index is -6.09. The molecule has 0 spiro atoms. The molecule has 0 radical (unpaired) electrons. The number of ether oxygens (including phenoxy) is 1. The van der Waals surface area contributed by atoms with Crippen LogP contribution in [0.15, 0.2) is 12.7 Å². The standard InChI is InChI=1S/C21H34N10O5.2CHF3O3S.Zn/c22-18-14-19(28-11-27-18)31(12-29-14)21-16(34)15(33)17(36-21)20(35)26-2-1-13(32)30-9-7-24-5-3-23-4-6-25-8-10-30;2*2-1(3,4)8(5,6)7;/h11-12,15-17,21,23-25,33-34H,1-10H2,(H,26,35)(H2,22,27,28);2*(H,5,6,7);/q;;;+2/p-2/t15-,16+,17-,21+;;;/m0.../s1. The Labute approximate surface area is 309 Å². The van der Waals surface area contributed by atoms with Gasteiger partial charge in [0.25, 0.3) is 5.91 Å². The van der Waals surface area contributed by atoms with Crippen molar-refractivity contribution < 1.29 is 96.3 Å². The molecule has 2 aliphatic rings. The molecule has 4 heterocycles. The molecule has 0 aliphatic carbocycles. The van der Waals surface area contributed by atoms with Crippen LogP contribution in [-0.2, 0) is 54.0 Å². The number of aliphatic hydroxyl groups is 2. The zero-order chi connectivity index (χ0) is 39.5. The first-order valence-electron chi connectivity index (χ1n) is 14.6. The monoisotopic (exact) mass is 868 g/mol. The predicted octanol–water partition coefficient (Wildman–Crippen LogP) is -3.75. The van der Waals surface area contributed by atoms with Crippen molar-refractivity contribution >= 4 is 49.0 Å². The Morgan fingerprint density at radius 2 is 1.36 bits per heavy atom. The summed E-state index contributed by atoms with van der Waals surface area (Å²) in [6, 6.07) is 0. The maximum absolute atomic E-state index is 12.7. The summed E-state index contributed by atoms with van der Waals surface area (Å²) in [5, 5.41) is 33.6. The molecule has 4 atom stereocenters. The van der Waals surface area contributed by atoms with Gasteiger partial charge < -0.3 is 56.0 Å². The molecule has 298 valence electrons. The number of fused-ring (bicyclic) bond motifs is 1. The molecule has 2 fully saturated rings. The van der Waals surface area contributed by atoms with Crippen molar-refractivity contribution in [3.05, 3.63) is 12.7 Å². The molecule has 0 unspecified atom stereocenters. The Kier molecular flexibility index (Phi) is 18.8. The summed E-state index contributed by atoms with van der Waals surface area (Å²) < 4.78 is 125. The van der Waals surface area contributed by atoms with E-state index in [1.54, 1.807) is 4.90 Å². The van der Waals surface area contributed by atoms with Crippen molar-refractivity contribution in [2.45, 2.75) is 42.0 Å². The van der Waals surface area contributed by atoms with Crippen LogP contribution in [-0.4, -0.2) is 161 Å². The number of carbonyl (C=O) groups is 2. The number of nitrogen functional groups attached to an aromatic ring is 1.